The van der Waals surface area contributed by atoms with E-state index in [-0.39, 0.29) is 28.6 Å². The fourth-order valence-electron chi connectivity index (χ4n) is 2.64. The smallest absolute Gasteiger partial charge is 0.315 e. The van der Waals surface area contributed by atoms with Crippen molar-refractivity contribution < 1.29 is 19.1 Å². The molecule has 0 aliphatic rings. The summed E-state index contributed by atoms with van der Waals surface area (Å²) in [6.07, 6.45) is 2.13. The number of hydrogen-bond donors (Lipinski definition) is 1. The monoisotopic (exact) mass is 443 g/mol. The van der Waals surface area contributed by atoms with E-state index in [1.165, 1.54) is 24.1 Å². The van der Waals surface area contributed by atoms with Gasteiger partial charge in [0.2, 0.25) is 10.5 Å². The summed E-state index contributed by atoms with van der Waals surface area (Å²) in [5.74, 6) is 1.44. The summed E-state index contributed by atoms with van der Waals surface area (Å²) >= 11 is 5.23. The lowest BCUT2D eigenvalue weighted by molar-refractivity contribution is -0.386. The standard InChI is InChI=1S/C20H21N5O5S/c1-3-9-29-19-16(25(26)27)10-14(11-17(19)28-2)12-21-24-18(22-23-20(24)31)13-30-15-7-5-4-6-8-15/h4-8,10-12H,3,9,13H2,1-2H3,(H,23,31)/b21-12-. The lowest BCUT2D eigenvalue weighted by Gasteiger charge is -2.11. The van der Waals surface area contributed by atoms with Crippen molar-refractivity contribution >= 4 is 24.1 Å². The maximum absolute atomic E-state index is 11.5. The van der Waals surface area contributed by atoms with E-state index >= 15 is 0 Å². The molecule has 0 fully saturated rings. The first-order valence-electron chi connectivity index (χ1n) is 9.41. The minimum atomic E-state index is -0.520. The number of nitrogens with one attached hydrogen (secondary N) is 1. The van der Waals surface area contributed by atoms with Crippen LogP contribution in [0.25, 0.3) is 0 Å². The third kappa shape index (κ3) is 5.45. The Hall–Kier alpha value is -3.73. The minimum absolute atomic E-state index is 0.0865. The molecule has 3 rings (SSSR count). The Bertz CT molecular complexity index is 1130. The van der Waals surface area contributed by atoms with Gasteiger partial charge in [-0.15, -0.1) is 0 Å². The third-order valence-electron chi connectivity index (χ3n) is 4.08. The molecular formula is C20H21N5O5S. The highest BCUT2D eigenvalue weighted by atomic mass is 32.1. The Kier molecular flexibility index (Phi) is 7.33. The Morgan fingerprint density at radius 3 is 2.74 bits per heavy atom. The SMILES string of the molecule is CCCOc1c(OC)cc(/C=N\n2c(COc3ccccc3)n[nH]c2=S)cc1[N+](=O)[O-]. The van der Waals surface area contributed by atoms with Crippen molar-refractivity contribution in [1.29, 1.82) is 0 Å². The van der Waals surface area contributed by atoms with Crippen LogP contribution in [0, 0.1) is 14.9 Å². The number of aromatic amines is 1. The molecular weight excluding hydrogens is 422 g/mol. The third-order valence-corrected chi connectivity index (χ3v) is 4.34. The van der Waals surface area contributed by atoms with E-state index in [9.17, 15) is 10.1 Å². The molecule has 0 amide bonds. The van der Waals surface area contributed by atoms with E-state index in [0.717, 1.165) is 0 Å². The normalized spacial score (nSPS) is 10.9. The summed E-state index contributed by atoms with van der Waals surface area (Å²) < 4.78 is 18.1. The molecule has 0 radical (unpaired) electrons. The quantitative estimate of drug-likeness (QED) is 0.217. The molecule has 3 aromatic rings. The number of aromatic nitrogens is 3. The average molecular weight is 443 g/mol. The van der Waals surface area contributed by atoms with Crippen LogP contribution in [0.15, 0.2) is 47.6 Å². The first-order chi connectivity index (χ1) is 15.0. The maximum atomic E-state index is 11.5. The zero-order chi connectivity index (χ0) is 22.2. The van der Waals surface area contributed by atoms with Gasteiger partial charge in [-0.2, -0.15) is 14.9 Å². The van der Waals surface area contributed by atoms with Gasteiger partial charge in [0.15, 0.2) is 11.6 Å². The van der Waals surface area contributed by atoms with Crippen molar-refractivity contribution in [2.75, 3.05) is 13.7 Å². The number of rotatable bonds is 10. The summed E-state index contributed by atoms with van der Waals surface area (Å²) in [5, 5.41) is 22.6. The van der Waals surface area contributed by atoms with Gasteiger partial charge in [-0.25, -0.2) is 5.10 Å². The summed E-state index contributed by atoms with van der Waals surface area (Å²) in [6.45, 7) is 2.37. The number of nitrogens with zero attached hydrogens (tertiary/aromatic N) is 4. The predicted molar refractivity (Wildman–Crippen MR) is 117 cm³/mol. The first-order valence-corrected chi connectivity index (χ1v) is 9.82. The zero-order valence-corrected chi connectivity index (χ0v) is 17.8. The van der Waals surface area contributed by atoms with Gasteiger partial charge in [0.05, 0.1) is 24.9 Å². The fourth-order valence-corrected chi connectivity index (χ4v) is 2.84. The molecule has 0 saturated heterocycles. The number of benzene rings is 2. The molecule has 1 aromatic heterocycles. The van der Waals surface area contributed by atoms with Crippen molar-refractivity contribution in [2.45, 2.75) is 20.0 Å². The number of para-hydroxylation sites is 1. The number of methoxy groups -OCH3 is 1. The molecule has 1 heterocycles. The Labute approximate surface area is 183 Å². The van der Waals surface area contributed by atoms with Gasteiger partial charge < -0.3 is 14.2 Å². The van der Waals surface area contributed by atoms with Crippen LogP contribution in [0.2, 0.25) is 0 Å². The lowest BCUT2D eigenvalue weighted by atomic mass is 10.2. The molecule has 0 aliphatic carbocycles. The van der Waals surface area contributed by atoms with Gasteiger partial charge in [-0.05, 0) is 36.8 Å². The molecule has 0 bridgehead atoms. The maximum Gasteiger partial charge on any atom is 0.315 e. The second-order valence-corrected chi connectivity index (χ2v) is 6.67. The summed E-state index contributed by atoms with van der Waals surface area (Å²) in [6, 6.07) is 12.2. The molecule has 10 nitrogen and oxygen atoms in total. The zero-order valence-electron chi connectivity index (χ0n) is 17.0. The fraction of sp³-hybridized carbons (Fsp3) is 0.250. The summed E-state index contributed by atoms with van der Waals surface area (Å²) in [7, 11) is 1.42. The van der Waals surface area contributed by atoms with Crippen molar-refractivity contribution in [3.05, 3.63) is 68.7 Å². The van der Waals surface area contributed by atoms with Gasteiger partial charge >= 0.3 is 5.69 Å². The van der Waals surface area contributed by atoms with Crippen molar-refractivity contribution in [1.82, 2.24) is 14.9 Å². The highest BCUT2D eigenvalue weighted by Gasteiger charge is 2.22. The molecule has 31 heavy (non-hydrogen) atoms. The van der Waals surface area contributed by atoms with E-state index in [0.29, 0.717) is 30.2 Å². The van der Waals surface area contributed by atoms with Crippen LogP contribution in [-0.2, 0) is 6.61 Å². The van der Waals surface area contributed by atoms with Gasteiger partial charge in [-0.1, -0.05) is 25.1 Å². The average Bonchev–Trinajstić information content (AvgIpc) is 3.14. The summed E-state index contributed by atoms with van der Waals surface area (Å²) in [5.41, 5.74) is 0.225. The largest absolute Gasteiger partial charge is 0.493 e. The second-order valence-electron chi connectivity index (χ2n) is 6.28. The lowest BCUT2D eigenvalue weighted by Crippen LogP contribution is -2.05. The molecule has 2 aromatic carbocycles. The first kappa shape index (κ1) is 22.0. The molecule has 0 aliphatic heterocycles. The van der Waals surface area contributed by atoms with E-state index < -0.39 is 4.92 Å². The number of hydrogen-bond acceptors (Lipinski definition) is 8. The van der Waals surface area contributed by atoms with Gasteiger partial charge in [0, 0.05) is 11.6 Å². The molecule has 0 saturated carbocycles. The molecule has 162 valence electrons. The Morgan fingerprint density at radius 1 is 1.29 bits per heavy atom. The number of H-pyrrole nitrogens is 1. The highest BCUT2D eigenvalue weighted by molar-refractivity contribution is 7.71. The van der Waals surface area contributed by atoms with Gasteiger partial charge in [0.1, 0.15) is 12.4 Å². The highest BCUT2D eigenvalue weighted by Crippen LogP contribution is 2.38. The van der Waals surface area contributed by atoms with Crippen molar-refractivity contribution in [2.24, 2.45) is 5.10 Å². The molecule has 0 atom stereocenters. The molecule has 11 heteroatoms. The number of nitro groups is 1. The van der Waals surface area contributed by atoms with Crippen LogP contribution in [0.4, 0.5) is 5.69 Å². The molecule has 0 spiro atoms. The molecule has 1 N–H and O–H groups in total. The minimum Gasteiger partial charge on any atom is -0.493 e. The van der Waals surface area contributed by atoms with E-state index in [4.69, 9.17) is 26.4 Å². The van der Waals surface area contributed by atoms with Crippen LogP contribution in [0.5, 0.6) is 17.2 Å². The van der Waals surface area contributed by atoms with Crippen molar-refractivity contribution in [3.63, 3.8) is 0 Å². The van der Waals surface area contributed by atoms with Crippen LogP contribution in [-0.4, -0.2) is 39.7 Å². The summed E-state index contributed by atoms with van der Waals surface area (Å²) in [4.78, 5) is 11.0. The number of nitro benzene ring substituents is 1. The van der Waals surface area contributed by atoms with Crippen LogP contribution in [0.3, 0.4) is 0 Å². The van der Waals surface area contributed by atoms with Crippen molar-refractivity contribution in [3.8, 4) is 17.2 Å². The van der Waals surface area contributed by atoms with Crippen LogP contribution in [0.1, 0.15) is 24.7 Å². The van der Waals surface area contributed by atoms with E-state index in [2.05, 4.69) is 15.3 Å². The van der Waals surface area contributed by atoms with Crippen LogP contribution < -0.4 is 14.2 Å². The predicted octanol–water partition coefficient (Wildman–Crippen LogP) is 4.11. The van der Waals surface area contributed by atoms with E-state index in [1.807, 2.05) is 37.3 Å². The second kappa shape index (κ2) is 10.3. The van der Waals surface area contributed by atoms with Gasteiger partial charge in [0.25, 0.3) is 0 Å². The molecule has 0 unspecified atom stereocenters. The Balaban J connectivity index is 1.88. The number of ether oxygens (including phenoxy) is 3. The topological polar surface area (TPSA) is 117 Å². The Morgan fingerprint density at radius 2 is 2.06 bits per heavy atom. The van der Waals surface area contributed by atoms with Crippen LogP contribution >= 0.6 is 12.2 Å². The van der Waals surface area contributed by atoms with Gasteiger partial charge in [-0.3, -0.25) is 10.1 Å². The van der Waals surface area contributed by atoms with E-state index in [1.54, 1.807) is 6.07 Å².